The lowest BCUT2D eigenvalue weighted by Crippen LogP contribution is -2.45. The third kappa shape index (κ3) is 6.56. The number of halogens is 1. The fraction of sp³-hybridized carbons (Fsp3) is 0.458. The van der Waals surface area contributed by atoms with Crippen LogP contribution in [0.2, 0.25) is 0 Å². The van der Waals surface area contributed by atoms with Crippen LogP contribution in [0.1, 0.15) is 30.0 Å². The molecule has 5 nitrogen and oxygen atoms in total. The molecule has 0 aliphatic carbocycles. The normalized spacial score (nSPS) is 15.2. The van der Waals surface area contributed by atoms with Crippen LogP contribution in [-0.4, -0.2) is 55.5 Å². The van der Waals surface area contributed by atoms with Gasteiger partial charge >= 0.3 is 0 Å². The smallest absolute Gasteiger partial charge is 0.220 e. The Hall–Kier alpha value is -1.89. The summed E-state index contributed by atoms with van der Waals surface area (Å²) in [6.45, 7) is 9.36. The van der Waals surface area contributed by atoms with Gasteiger partial charge in [0.25, 0.3) is 0 Å². The van der Waals surface area contributed by atoms with E-state index in [9.17, 15) is 4.79 Å². The number of piperazine rings is 1. The zero-order valence-corrected chi connectivity index (χ0v) is 19.6. The first-order valence-corrected chi connectivity index (χ1v) is 11.5. The van der Waals surface area contributed by atoms with Crippen molar-refractivity contribution in [3.8, 4) is 5.75 Å². The van der Waals surface area contributed by atoms with E-state index in [1.165, 1.54) is 11.1 Å². The highest BCUT2D eigenvalue weighted by molar-refractivity contribution is 9.10. The van der Waals surface area contributed by atoms with Gasteiger partial charge in [-0.2, -0.15) is 0 Å². The molecule has 1 heterocycles. The summed E-state index contributed by atoms with van der Waals surface area (Å²) in [6, 6.07) is 14.4. The summed E-state index contributed by atoms with van der Waals surface area (Å²) in [5.74, 6) is 0.879. The Labute approximate surface area is 188 Å². The van der Waals surface area contributed by atoms with Gasteiger partial charge in [-0.25, -0.2) is 0 Å². The van der Waals surface area contributed by atoms with Crippen LogP contribution in [0.4, 0.5) is 0 Å². The topological polar surface area (TPSA) is 44.8 Å². The lowest BCUT2D eigenvalue weighted by molar-refractivity contribution is -0.121. The van der Waals surface area contributed by atoms with Crippen LogP contribution in [0.25, 0.3) is 0 Å². The van der Waals surface area contributed by atoms with E-state index in [1.807, 2.05) is 18.2 Å². The third-order valence-electron chi connectivity index (χ3n) is 5.76. The van der Waals surface area contributed by atoms with Gasteiger partial charge in [-0.1, -0.05) is 37.3 Å². The Morgan fingerprint density at radius 3 is 2.43 bits per heavy atom. The minimum atomic E-state index is 0.0771. The van der Waals surface area contributed by atoms with Crippen molar-refractivity contribution in [1.29, 1.82) is 0 Å². The first kappa shape index (κ1) is 22.8. The van der Waals surface area contributed by atoms with E-state index in [2.05, 4.69) is 62.2 Å². The Morgan fingerprint density at radius 2 is 1.77 bits per heavy atom. The fourth-order valence-corrected chi connectivity index (χ4v) is 4.38. The molecule has 162 valence electrons. The molecule has 1 N–H and O–H groups in total. The number of carbonyl (C=O) groups excluding carboxylic acids is 1. The summed E-state index contributed by atoms with van der Waals surface area (Å²) >= 11 is 3.50. The van der Waals surface area contributed by atoms with Crippen molar-refractivity contribution in [2.75, 3.05) is 39.8 Å². The molecule has 1 amide bonds. The summed E-state index contributed by atoms with van der Waals surface area (Å²) in [5.41, 5.74) is 3.63. The lowest BCUT2D eigenvalue weighted by Gasteiger charge is -2.34. The average Bonchev–Trinajstić information content (AvgIpc) is 2.77. The SMILES string of the molecule is CCN1CCN(Cc2ccccc2CNC(=O)CCc2ccc(OC)c(Br)c2)CC1. The maximum absolute atomic E-state index is 12.4. The standard InChI is InChI=1S/C24H32BrN3O2/c1-3-27-12-14-28(15-13-27)18-21-7-5-4-6-20(21)17-26-24(29)11-9-19-8-10-23(30-2)22(25)16-19/h4-8,10,16H,3,9,11-15,17-18H2,1-2H3,(H,26,29). The number of methoxy groups -OCH3 is 1. The highest BCUT2D eigenvalue weighted by atomic mass is 79.9. The fourth-order valence-electron chi connectivity index (χ4n) is 3.79. The molecule has 0 aromatic heterocycles. The Kier molecular flexibility index (Phi) is 8.73. The molecule has 2 aromatic rings. The number of nitrogens with one attached hydrogen (secondary N) is 1. The Balaban J connectivity index is 1.48. The zero-order valence-electron chi connectivity index (χ0n) is 18.0. The molecule has 1 aliphatic rings. The molecule has 2 aromatic carbocycles. The van der Waals surface area contributed by atoms with Gasteiger partial charge in [0.05, 0.1) is 11.6 Å². The maximum atomic E-state index is 12.4. The molecule has 6 heteroatoms. The van der Waals surface area contributed by atoms with Crippen molar-refractivity contribution in [1.82, 2.24) is 15.1 Å². The highest BCUT2D eigenvalue weighted by Crippen LogP contribution is 2.26. The van der Waals surface area contributed by atoms with Crippen LogP contribution in [0.5, 0.6) is 5.75 Å². The average molecular weight is 474 g/mol. The summed E-state index contributed by atoms with van der Waals surface area (Å²) in [5, 5.41) is 3.10. The molecule has 30 heavy (non-hydrogen) atoms. The monoisotopic (exact) mass is 473 g/mol. The second kappa shape index (κ2) is 11.5. The number of aryl methyl sites for hydroxylation is 1. The van der Waals surface area contributed by atoms with E-state index < -0.39 is 0 Å². The minimum Gasteiger partial charge on any atom is -0.496 e. The first-order chi connectivity index (χ1) is 14.6. The van der Waals surface area contributed by atoms with Gasteiger partial charge in [-0.05, 0) is 57.7 Å². The number of benzene rings is 2. The second-order valence-corrected chi connectivity index (χ2v) is 8.58. The van der Waals surface area contributed by atoms with E-state index in [0.717, 1.165) is 55.1 Å². The largest absolute Gasteiger partial charge is 0.496 e. The van der Waals surface area contributed by atoms with Crippen LogP contribution in [0, 0.1) is 0 Å². The molecule has 1 saturated heterocycles. The molecular formula is C24H32BrN3O2. The summed E-state index contributed by atoms with van der Waals surface area (Å²) in [7, 11) is 1.65. The predicted octanol–water partition coefficient (Wildman–Crippen LogP) is 3.84. The number of likely N-dealkylation sites (N-methyl/N-ethyl adjacent to an activating group) is 1. The molecule has 1 fully saturated rings. The van der Waals surface area contributed by atoms with E-state index >= 15 is 0 Å². The maximum Gasteiger partial charge on any atom is 0.220 e. The molecule has 0 unspecified atom stereocenters. The van der Waals surface area contributed by atoms with Gasteiger partial charge < -0.3 is 15.0 Å². The Morgan fingerprint density at radius 1 is 1.07 bits per heavy atom. The van der Waals surface area contributed by atoms with Crippen LogP contribution >= 0.6 is 15.9 Å². The summed E-state index contributed by atoms with van der Waals surface area (Å²) < 4.78 is 6.17. The van der Waals surface area contributed by atoms with Gasteiger partial charge in [0.2, 0.25) is 5.91 Å². The van der Waals surface area contributed by atoms with E-state index in [-0.39, 0.29) is 5.91 Å². The molecular weight excluding hydrogens is 442 g/mol. The number of rotatable bonds is 9. The number of ether oxygens (including phenoxy) is 1. The van der Waals surface area contributed by atoms with Gasteiger partial charge in [-0.3, -0.25) is 9.69 Å². The van der Waals surface area contributed by atoms with Crippen LogP contribution in [-0.2, 0) is 24.3 Å². The number of carbonyl (C=O) groups is 1. The lowest BCUT2D eigenvalue weighted by atomic mass is 10.1. The van der Waals surface area contributed by atoms with E-state index in [0.29, 0.717) is 19.4 Å². The van der Waals surface area contributed by atoms with Crippen molar-refractivity contribution in [2.45, 2.75) is 32.9 Å². The highest BCUT2D eigenvalue weighted by Gasteiger charge is 2.16. The van der Waals surface area contributed by atoms with Crippen molar-refractivity contribution in [3.63, 3.8) is 0 Å². The summed E-state index contributed by atoms with van der Waals surface area (Å²) in [4.78, 5) is 17.4. The van der Waals surface area contributed by atoms with Gasteiger partial charge in [0, 0.05) is 45.7 Å². The minimum absolute atomic E-state index is 0.0771. The quantitative estimate of drug-likeness (QED) is 0.600. The van der Waals surface area contributed by atoms with Crippen LogP contribution in [0.15, 0.2) is 46.9 Å². The molecule has 1 aliphatic heterocycles. The molecule has 0 bridgehead atoms. The second-order valence-electron chi connectivity index (χ2n) is 7.72. The first-order valence-electron chi connectivity index (χ1n) is 10.7. The molecule has 0 radical (unpaired) electrons. The predicted molar refractivity (Wildman–Crippen MR) is 125 cm³/mol. The van der Waals surface area contributed by atoms with Crippen molar-refractivity contribution >= 4 is 21.8 Å². The molecule has 0 spiro atoms. The van der Waals surface area contributed by atoms with Gasteiger partial charge in [0.1, 0.15) is 5.75 Å². The van der Waals surface area contributed by atoms with Gasteiger partial charge in [-0.15, -0.1) is 0 Å². The Bertz CT molecular complexity index is 835. The number of nitrogens with zero attached hydrogens (tertiary/aromatic N) is 2. The van der Waals surface area contributed by atoms with Crippen LogP contribution in [0.3, 0.4) is 0 Å². The van der Waals surface area contributed by atoms with Crippen LogP contribution < -0.4 is 10.1 Å². The third-order valence-corrected chi connectivity index (χ3v) is 6.38. The number of amides is 1. The summed E-state index contributed by atoms with van der Waals surface area (Å²) in [6.07, 6.45) is 1.18. The molecule has 0 atom stereocenters. The van der Waals surface area contributed by atoms with E-state index in [1.54, 1.807) is 7.11 Å². The van der Waals surface area contributed by atoms with Crippen molar-refractivity contribution < 1.29 is 9.53 Å². The number of hydrogen-bond acceptors (Lipinski definition) is 4. The van der Waals surface area contributed by atoms with Gasteiger partial charge in [0.15, 0.2) is 0 Å². The molecule has 3 rings (SSSR count). The zero-order chi connectivity index (χ0) is 21.3. The van der Waals surface area contributed by atoms with E-state index in [4.69, 9.17) is 4.74 Å². The van der Waals surface area contributed by atoms with Crippen molar-refractivity contribution in [2.24, 2.45) is 0 Å². The number of hydrogen-bond donors (Lipinski definition) is 1. The van der Waals surface area contributed by atoms with Crippen molar-refractivity contribution in [3.05, 3.63) is 63.6 Å². The molecule has 0 saturated carbocycles.